The minimum atomic E-state index is 0.0796. The van der Waals surface area contributed by atoms with E-state index in [1.165, 1.54) is 18.4 Å². The number of aromatic nitrogens is 5. The third-order valence-electron chi connectivity index (χ3n) is 6.76. The number of imidazole rings is 1. The van der Waals surface area contributed by atoms with Gasteiger partial charge in [0.05, 0.1) is 11.9 Å². The lowest BCUT2D eigenvalue weighted by atomic mass is 10.0. The van der Waals surface area contributed by atoms with Crippen molar-refractivity contribution in [3.05, 3.63) is 35.3 Å². The fourth-order valence-corrected chi connectivity index (χ4v) is 4.77. The summed E-state index contributed by atoms with van der Waals surface area (Å²) in [4.78, 5) is 18.4. The van der Waals surface area contributed by atoms with Crippen molar-refractivity contribution in [3.8, 4) is 6.01 Å². The lowest BCUT2D eigenvalue weighted by Crippen LogP contribution is -2.42. The fraction of sp³-hybridized carbons (Fsp3) is 0.600. The maximum atomic E-state index is 6.17. The molecule has 1 atom stereocenters. The third kappa shape index (κ3) is 5.24. The van der Waals surface area contributed by atoms with Crippen LogP contribution in [0.3, 0.4) is 0 Å². The quantitative estimate of drug-likeness (QED) is 0.512. The van der Waals surface area contributed by atoms with Crippen molar-refractivity contribution in [2.75, 3.05) is 37.8 Å². The van der Waals surface area contributed by atoms with E-state index in [4.69, 9.17) is 15.5 Å². The molecule has 0 bridgehead atoms. The van der Waals surface area contributed by atoms with Crippen molar-refractivity contribution in [3.63, 3.8) is 0 Å². The second-order valence-corrected chi connectivity index (χ2v) is 9.54. The SMILES string of the molecule is CCCC(CC)Oc1nc(N)c2ncc(Cc3cnc(N4CCC(N(C)C)CC4)c(C)c3)n2n1. The Labute approximate surface area is 202 Å². The van der Waals surface area contributed by atoms with E-state index >= 15 is 0 Å². The molecule has 2 N–H and O–H groups in total. The first-order chi connectivity index (χ1) is 16.4. The maximum Gasteiger partial charge on any atom is 0.336 e. The Bertz CT molecular complexity index is 1100. The van der Waals surface area contributed by atoms with Gasteiger partial charge in [-0.3, -0.25) is 0 Å². The van der Waals surface area contributed by atoms with Crippen LogP contribution in [0.5, 0.6) is 6.01 Å². The molecule has 1 aliphatic heterocycles. The van der Waals surface area contributed by atoms with Crippen molar-refractivity contribution in [1.29, 1.82) is 0 Å². The van der Waals surface area contributed by atoms with Gasteiger partial charge in [0.15, 0.2) is 11.5 Å². The van der Waals surface area contributed by atoms with Gasteiger partial charge in [0.2, 0.25) is 0 Å². The maximum absolute atomic E-state index is 6.17. The summed E-state index contributed by atoms with van der Waals surface area (Å²) in [6.07, 6.45) is 9.74. The molecular weight excluding hydrogens is 428 g/mol. The van der Waals surface area contributed by atoms with E-state index in [1.807, 2.05) is 12.4 Å². The molecule has 1 aliphatic rings. The molecule has 0 radical (unpaired) electrons. The molecule has 3 aromatic rings. The molecule has 9 heteroatoms. The average molecular weight is 467 g/mol. The molecule has 9 nitrogen and oxygen atoms in total. The lowest BCUT2D eigenvalue weighted by molar-refractivity contribution is 0.167. The Kier molecular flexibility index (Phi) is 7.50. The highest BCUT2D eigenvalue weighted by Crippen LogP contribution is 2.25. The molecule has 0 saturated carbocycles. The molecule has 1 unspecified atom stereocenters. The van der Waals surface area contributed by atoms with E-state index in [0.29, 0.717) is 29.9 Å². The van der Waals surface area contributed by atoms with Crippen LogP contribution in [0.1, 0.15) is 62.8 Å². The minimum absolute atomic E-state index is 0.0796. The Morgan fingerprint density at radius 1 is 1.18 bits per heavy atom. The van der Waals surface area contributed by atoms with Crippen LogP contribution in [0.4, 0.5) is 11.6 Å². The van der Waals surface area contributed by atoms with Crippen LogP contribution in [-0.4, -0.2) is 68.8 Å². The van der Waals surface area contributed by atoms with Gasteiger partial charge in [0.25, 0.3) is 0 Å². The molecular formula is C25H38N8O. The van der Waals surface area contributed by atoms with Crippen LogP contribution in [0.15, 0.2) is 18.5 Å². The number of anilines is 2. The van der Waals surface area contributed by atoms with Crippen molar-refractivity contribution in [2.24, 2.45) is 0 Å². The van der Waals surface area contributed by atoms with E-state index in [0.717, 1.165) is 49.4 Å². The molecule has 3 aromatic heterocycles. The van der Waals surface area contributed by atoms with Crippen molar-refractivity contribution < 1.29 is 4.74 Å². The largest absolute Gasteiger partial charge is 0.459 e. The van der Waals surface area contributed by atoms with Crippen LogP contribution in [0.2, 0.25) is 0 Å². The summed E-state index contributed by atoms with van der Waals surface area (Å²) in [5.41, 5.74) is 9.96. The van der Waals surface area contributed by atoms with E-state index in [-0.39, 0.29) is 6.10 Å². The first-order valence-corrected chi connectivity index (χ1v) is 12.4. The van der Waals surface area contributed by atoms with E-state index in [9.17, 15) is 0 Å². The van der Waals surface area contributed by atoms with E-state index in [1.54, 1.807) is 4.52 Å². The summed E-state index contributed by atoms with van der Waals surface area (Å²) in [5.74, 6) is 1.41. The Hall–Kier alpha value is -2.94. The highest BCUT2D eigenvalue weighted by molar-refractivity contribution is 5.60. The first kappa shape index (κ1) is 24.2. The molecule has 0 aliphatic carbocycles. The van der Waals surface area contributed by atoms with E-state index < -0.39 is 0 Å². The van der Waals surface area contributed by atoms with Crippen LogP contribution < -0.4 is 15.4 Å². The molecule has 0 aromatic carbocycles. The molecule has 1 fully saturated rings. The second-order valence-electron chi connectivity index (χ2n) is 9.54. The van der Waals surface area contributed by atoms with Crippen LogP contribution >= 0.6 is 0 Å². The second kappa shape index (κ2) is 10.5. The zero-order valence-corrected chi connectivity index (χ0v) is 21.2. The summed E-state index contributed by atoms with van der Waals surface area (Å²) >= 11 is 0. The predicted molar refractivity (Wildman–Crippen MR) is 136 cm³/mol. The summed E-state index contributed by atoms with van der Waals surface area (Å²) in [5, 5.41) is 4.61. The number of piperidine rings is 1. The standard InChI is InChI=1S/C25H38N8O/c1-6-8-21(7-2)34-25-29-22(26)24-28-16-20(33(24)30-25)14-18-13-17(3)23(27-15-18)32-11-9-19(10-12-32)31(4)5/h13,15-16,19,21H,6-12,14H2,1-5H3,(H2,26,29,30). The number of nitrogen functional groups attached to an aromatic ring is 1. The Morgan fingerprint density at radius 2 is 1.94 bits per heavy atom. The van der Waals surface area contributed by atoms with E-state index in [2.05, 4.69) is 65.8 Å². The number of aryl methyl sites for hydroxylation is 1. The van der Waals surface area contributed by atoms with Gasteiger partial charge in [-0.2, -0.15) is 4.98 Å². The smallest absolute Gasteiger partial charge is 0.336 e. The molecule has 4 heterocycles. The normalized spacial score (nSPS) is 15.9. The number of hydrogen-bond donors (Lipinski definition) is 1. The predicted octanol–water partition coefficient (Wildman–Crippen LogP) is 3.49. The zero-order chi connectivity index (χ0) is 24.2. The van der Waals surface area contributed by atoms with Gasteiger partial charge in [0.1, 0.15) is 11.9 Å². The summed E-state index contributed by atoms with van der Waals surface area (Å²) in [6.45, 7) is 8.47. The molecule has 0 amide bonds. The van der Waals surface area contributed by atoms with Crippen LogP contribution in [0, 0.1) is 6.92 Å². The lowest BCUT2D eigenvalue weighted by Gasteiger charge is -2.36. The third-order valence-corrected chi connectivity index (χ3v) is 6.76. The Balaban J connectivity index is 1.51. The minimum Gasteiger partial charge on any atom is -0.459 e. The molecule has 1 saturated heterocycles. The number of fused-ring (bicyclic) bond motifs is 1. The van der Waals surface area contributed by atoms with Gasteiger partial charge in [0, 0.05) is 31.7 Å². The van der Waals surface area contributed by atoms with Gasteiger partial charge >= 0.3 is 6.01 Å². The fourth-order valence-electron chi connectivity index (χ4n) is 4.77. The number of rotatable bonds is 9. The van der Waals surface area contributed by atoms with Crippen molar-refractivity contribution >= 4 is 17.3 Å². The highest BCUT2D eigenvalue weighted by Gasteiger charge is 2.22. The van der Waals surface area contributed by atoms with Gasteiger partial charge < -0.3 is 20.3 Å². The number of nitrogens with two attached hydrogens (primary N) is 1. The summed E-state index contributed by atoms with van der Waals surface area (Å²) in [7, 11) is 4.33. The Morgan fingerprint density at radius 3 is 2.59 bits per heavy atom. The first-order valence-electron chi connectivity index (χ1n) is 12.4. The summed E-state index contributed by atoms with van der Waals surface area (Å²) < 4.78 is 7.78. The topological polar surface area (TPSA) is 97.7 Å². The van der Waals surface area contributed by atoms with Gasteiger partial charge in [-0.05, 0) is 57.8 Å². The van der Waals surface area contributed by atoms with Gasteiger partial charge in [-0.15, -0.1) is 5.10 Å². The van der Waals surface area contributed by atoms with Gasteiger partial charge in [-0.1, -0.05) is 26.3 Å². The van der Waals surface area contributed by atoms with Crippen LogP contribution in [-0.2, 0) is 6.42 Å². The average Bonchev–Trinajstić information content (AvgIpc) is 3.22. The monoisotopic (exact) mass is 466 g/mol. The van der Waals surface area contributed by atoms with Gasteiger partial charge in [-0.25, -0.2) is 14.5 Å². The molecule has 4 rings (SSSR count). The molecule has 0 spiro atoms. The zero-order valence-electron chi connectivity index (χ0n) is 21.2. The number of nitrogens with zero attached hydrogens (tertiary/aromatic N) is 7. The highest BCUT2D eigenvalue weighted by atomic mass is 16.5. The van der Waals surface area contributed by atoms with Crippen molar-refractivity contribution in [1.82, 2.24) is 29.5 Å². The summed E-state index contributed by atoms with van der Waals surface area (Å²) in [6, 6.07) is 3.18. The number of ether oxygens (including phenoxy) is 1. The van der Waals surface area contributed by atoms with Crippen molar-refractivity contribution in [2.45, 2.75) is 71.4 Å². The van der Waals surface area contributed by atoms with Crippen LogP contribution in [0.25, 0.3) is 5.65 Å². The molecule has 184 valence electrons. The number of pyridine rings is 1. The number of hydrogen-bond acceptors (Lipinski definition) is 8. The molecule has 34 heavy (non-hydrogen) atoms.